The van der Waals surface area contributed by atoms with Crippen molar-refractivity contribution in [2.24, 2.45) is 5.10 Å². The minimum atomic E-state index is 0.534. The van der Waals surface area contributed by atoms with Gasteiger partial charge in [0.2, 0.25) is 0 Å². The zero-order chi connectivity index (χ0) is 20.3. The number of ether oxygens (including phenoxy) is 2. The van der Waals surface area contributed by atoms with Crippen LogP contribution in [0, 0.1) is 6.92 Å². The van der Waals surface area contributed by atoms with E-state index in [4.69, 9.17) is 21.7 Å². The summed E-state index contributed by atoms with van der Waals surface area (Å²) in [4.78, 5) is 1.54. The van der Waals surface area contributed by atoms with Gasteiger partial charge in [-0.2, -0.15) is 5.10 Å². The van der Waals surface area contributed by atoms with Crippen LogP contribution in [0.3, 0.4) is 0 Å². The predicted octanol–water partition coefficient (Wildman–Crippen LogP) is 1.29. The summed E-state index contributed by atoms with van der Waals surface area (Å²) in [6.45, 7) is 8.30. The number of hydrogen-bond acceptors (Lipinski definition) is 4. The second-order valence-corrected chi connectivity index (χ2v) is 7.49. The van der Waals surface area contributed by atoms with Gasteiger partial charge in [-0.1, -0.05) is 29.8 Å². The molecule has 1 aliphatic heterocycles. The number of benzene rings is 2. The van der Waals surface area contributed by atoms with E-state index in [1.165, 1.54) is 5.56 Å². The van der Waals surface area contributed by atoms with Crippen LogP contribution in [0.25, 0.3) is 0 Å². The molecule has 0 atom stereocenters. The van der Waals surface area contributed by atoms with Crippen molar-refractivity contribution < 1.29 is 14.4 Å². The summed E-state index contributed by atoms with van der Waals surface area (Å²) in [5.41, 5.74) is 6.24. The molecule has 3 rings (SSSR count). The largest absolute Gasteiger partial charge is 0.489 e. The molecule has 1 saturated heterocycles. The van der Waals surface area contributed by atoms with Crippen LogP contribution in [-0.4, -0.2) is 50.7 Å². The molecule has 0 aromatic heterocycles. The summed E-state index contributed by atoms with van der Waals surface area (Å²) >= 11 is 5.26. The van der Waals surface area contributed by atoms with Crippen LogP contribution >= 0.6 is 12.2 Å². The number of hydrazone groups is 1. The van der Waals surface area contributed by atoms with Gasteiger partial charge in [-0.15, -0.1) is 0 Å². The molecule has 2 aromatic carbocycles. The number of nitrogens with zero attached hydrogens (tertiary/aromatic N) is 1. The lowest BCUT2D eigenvalue weighted by molar-refractivity contribution is -0.906. The number of rotatable bonds is 8. The Morgan fingerprint density at radius 1 is 1.14 bits per heavy atom. The van der Waals surface area contributed by atoms with Crippen LogP contribution < -0.4 is 20.4 Å². The Kier molecular flexibility index (Phi) is 8.42. The molecule has 0 aliphatic carbocycles. The van der Waals surface area contributed by atoms with Crippen molar-refractivity contribution in [3.63, 3.8) is 0 Å². The van der Waals surface area contributed by atoms with Crippen molar-refractivity contribution in [3.8, 4) is 5.75 Å². The van der Waals surface area contributed by atoms with E-state index >= 15 is 0 Å². The first kappa shape index (κ1) is 21.2. The molecule has 29 heavy (non-hydrogen) atoms. The topological polar surface area (TPSA) is 59.3 Å². The van der Waals surface area contributed by atoms with E-state index in [0.717, 1.165) is 56.3 Å². The second-order valence-electron chi connectivity index (χ2n) is 7.08. The fourth-order valence-electron chi connectivity index (χ4n) is 2.97. The van der Waals surface area contributed by atoms with Gasteiger partial charge in [-0.25, -0.2) is 0 Å². The monoisotopic (exact) mass is 413 g/mol. The number of aryl methyl sites for hydroxylation is 1. The summed E-state index contributed by atoms with van der Waals surface area (Å²) in [6.07, 6.45) is 1.74. The van der Waals surface area contributed by atoms with Crippen molar-refractivity contribution in [2.45, 2.75) is 13.5 Å². The van der Waals surface area contributed by atoms with Crippen LogP contribution in [0.2, 0.25) is 0 Å². The average molecular weight is 414 g/mol. The third-order valence-corrected chi connectivity index (χ3v) is 4.99. The first-order chi connectivity index (χ1) is 14.2. The molecule has 0 amide bonds. The number of hydrogen-bond donors (Lipinski definition) is 3. The highest BCUT2D eigenvalue weighted by Gasteiger charge is 2.12. The highest BCUT2D eigenvalue weighted by molar-refractivity contribution is 7.80. The van der Waals surface area contributed by atoms with Gasteiger partial charge in [0, 0.05) is 0 Å². The average Bonchev–Trinajstić information content (AvgIpc) is 2.75. The van der Waals surface area contributed by atoms with Gasteiger partial charge in [0.05, 0.1) is 32.5 Å². The first-order valence-electron chi connectivity index (χ1n) is 9.96. The summed E-state index contributed by atoms with van der Waals surface area (Å²) in [5, 5.41) is 7.91. The molecule has 1 aliphatic rings. The van der Waals surface area contributed by atoms with Crippen molar-refractivity contribution in [3.05, 3.63) is 65.2 Å². The summed E-state index contributed by atoms with van der Waals surface area (Å²) in [5.74, 6) is 0.832. The molecule has 0 unspecified atom stereocenters. The molecule has 0 bridgehead atoms. The molecule has 0 spiro atoms. The molecule has 3 N–H and O–H groups in total. The fraction of sp³-hybridized carbons (Fsp3) is 0.364. The Labute approximate surface area is 177 Å². The Morgan fingerprint density at radius 2 is 1.86 bits per heavy atom. The first-order valence-corrected chi connectivity index (χ1v) is 10.4. The maximum atomic E-state index is 5.82. The van der Waals surface area contributed by atoms with E-state index in [2.05, 4.69) is 47.0 Å². The zero-order valence-corrected chi connectivity index (χ0v) is 17.6. The van der Waals surface area contributed by atoms with E-state index in [1.54, 1.807) is 11.1 Å². The highest BCUT2D eigenvalue weighted by Crippen LogP contribution is 2.14. The molecule has 0 radical (unpaired) electrons. The third kappa shape index (κ3) is 7.81. The molecule has 0 saturated carbocycles. The summed E-state index contributed by atoms with van der Waals surface area (Å²) in [7, 11) is 0. The lowest BCUT2D eigenvalue weighted by Gasteiger charge is -2.23. The second kappa shape index (κ2) is 11.5. The molecular formula is C22H29N4O2S+. The van der Waals surface area contributed by atoms with E-state index < -0.39 is 0 Å². The standard InChI is InChI=1S/C22H28N4O2S/c1-18-2-4-20(5-3-18)17-28-21-8-6-19(7-9-21)16-24-25-22(29)23-10-11-26-12-14-27-15-13-26/h2-9,16H,10-15,17H2,1H3,(H2,23,25,29)/p+1/b24-16-. The van der Waals surface area contributed by atoms with Crippen LogP contribution in [0.15, 0.2) is 53.6 Å². The molecule has 1 heterocycles. The van der Waals surface area contributed by atoms with Crippen molar-refractivity contribution in [2.75, 3.05) is 39.4 Å². The minimum Gasteiger partial charge on any atom is -0.489 e. The van der Waals surface area contributed by atoms with Crippen molar-refractivity contribution in [1.29, 1.82) is 0 Å². The van der Waals surface area contributed by atoms with Crippen LogP contribution in [0.1, 0.15) is 16.7 Å². The van der Waals surface area contributed by atoms with E-state index in [0.29, 0.717) is 11.7 Å². The number of quaternary nitrogens is 1. The number of morpholine rings is 1. The Balaban J connectivity index is 1.34. The van der Waals surface area contributed by atoms with Gasteiger partial charge in [-0.05, 0) is 54.5 Å². The number of thiocarbonyl (C=S) groups is 1. The smallest absolute Gasteiger partial charge is 0.187 e. The highest BCUT2D eigenvalue weighted by atomic mass is 32.1. The minimum absolute atomic E-state index is 0.534. The van der Waals surface area contributed by atoms with Crippen LogP contribution in [-0.2, 0) is 11.3 Å². The molecule has 154 valence electrons. The lowest BCUT2D eigenvalue weighted by Crippen LogP contribution is -3.14. The summed E-state index contributed by atoms with van der Waals surface area (Å²) < 4.78 is 11.2. The predicted molar refractivity (Wildman–Crippen MR) is 120 cm³/mol. The molecule has 1 fully saturated rings. The van der Waals surface area contributed by atoms with Gasteiger partial charge in [0.25, 0.3) is 0 Å². The molecule has 6 nitrogen and oxygen atoms in total. The van der Waals surface area contributed by atoms with Gasteiger partial charge < -0.3 is 19.7 Å². The van der Waals surface area contributed by atoms with Crippen molar-refractivity contribution in [1.82, 2.24) is 10.7 Å². The molecule has 2 aromatic rings. The van der Waals surface area contributed by atoms with E-state index in [-0.39, 0.29) is 0 Å². The van der Waals surface area contributed by atoms with Gasteiger partial charge in [0.15, 0.2) is 5.11 Å². The maximum absolute atomic E-state index is 5.82. The van der Waals surface area contributed by atoms with Crippen LogP contribution in [0.4, 0.5) is 0 Å². The van der Waals surface area contributed by atoms with Gasteiger partial charge in [-0.3, -0.25) is 5.43 Å². The Bertz CT molecular complexity index is 787. The zero-order valence-electron chi connectivity index (χ0n) is 16.8. The Hall–Kier alpha value is -2.48. The number of nitrogens with one attached hydrogen (secondary N) is 3. The SMILES string of the molecule is Cc1ccc(COc2ccc(/C=N\NC(=S)NCC[NH+]3CCOCC3)cc2)cc1. The fourth-order valence-corrected chi connectivity index (χ4v) is 3.12. The lowest BCUT2D eigenvalue weighted by atomic mass is 10.2. The summed E-state index contributed by atoms with van der Waals surface area (Å²) in [6, 6.07) is 16.2. The normalized spacial score (nSPS) is 14.7. The third-order valence-electron chi connectivity index (χ3n) is 4.75. The van der Waals surface area contributed by atoms with E-state index in [9.17, 15) is 0 Å². The van der Waals surface area contributed by atoms with E-state index in [1.807, 2.05) is 24.3 Å². The molecule has 7 heteroatoms. The quantitative estimate of drug-likeness (QED) is 0.346. The Morgan fingerprint density at radius 3 is 2.59 bits per heavy atom. The molecular weight excluding hydrogens is 384 g/mol. The van der Waals surface area contributed by atoms with Gasteiger partial charge in [0.1, 0.15) is 25.4 Å². The van der Waals surface area contributed by atoms with Crippen LogP contribution in [0.5, 0.6) is 5.75 Å². The van der Waals surface area contributed by atoms with Crippen molar-refractivity contribution >= 4 is 23.5 Å². The maximum Gasteiger partial charge on any atom is 0.187 e. The van der Waals surface area contributed by atoms with Gasteiger partial charge >= 0.3 is 0 Å².